The van der Waals surface area contributed by atoms with E-state index in [1.165, 1.54) is 12.8 Å². The standard InChI is InChI=1S/C11H22N2O/c1-4-11(2,3)13-10(14)7-8-12-9-5-6-9/h9,12H,4-8H2,1-3H3,(H,13,14). The fraction of sp³-hybridized carbons (Fsp3) is 0.909. The van der Waals surface area contributed by atoms with E-state index in [-0.39, 0.29) is 11.4 Å². The highest BCUT2D eigenvalue weighted by molar-refractivity contribution is 5.76. The average Bonchev–Trinajstić information content (AvgIpc) is 2.87. The Labute approximate surface area is 86.6 Å². The van der Waals surface area contributed by atoms with Gasteiger partial charge in [0.25, 0.3) is 0 Å². The molecule has 1 aliphatic carbocycles. The first-order chi connectivity index (χ1) is 6.53. The quantitative estimate of drug-likeness (QED) is 0.678. The molecular weight excluding hydrogens is 176 g/mol. The summed E-state index contributed by atoms with van der Waals surface area (Å²) in [5.74, 6) is 0.157. The van der Waals surface area contributed by atoms with Gasteiger partial charge in [0.05, 0.1) is 0 Å². The Kier molecular flexibility index (Phi) is 3.93. The number of carbonyl (C=O) groups is 1. The van der Waals surface area contributed by atoms with Crippen LogP contribution in [0.3, 0.4) is 0 Å². The highest BCUT2D eigenvalue weighted by atomic mass is 16.1. The minimum absolute atomic E-state index is 0.0589. The fourth-order valence-electron chi connectivity index (χ4n) is 1.21. The van der Waals surface area contributed by atoms with Gasteiger partial charge in [-0.3, -0.25) is 4.79 Å². The first-order valence-corrected chi connectivity index (χ1v) is 5.58. The van der Waals surface area contributed by atoms with Crippen LogP contribution in [0, 0.1) is 0 Å². The summed E-state index contributed by atoms with van der Waals surface area (Å²) in [5, 5.41) is 6.35. The molecule has 0 radical (unpaired) electrons. The molecule has 1 amide bonds. The topological polar surface area (TPSA) is 41.1 Å². The number of hydrogen-bond acceptors (Lipinski definition) is 2. The summed E-state index contributed by atoms with van der Waals surface area (Å²) in [6.07, 6.45) is 4.12. The first kappa shape index (κ1) is 11.5. The fourth-order valence-corrected chi connectivity index (χ4v) is 1.21. The van der Waals surface area contributed by atoms with Crippen LogP contribution in [0.2, 0.25) is 0 Å². The van der Waals surface area contributed by atoms with Crippen LogP contribution in [-0.4, -0.2) is 24.0 Å². The molecule has 0 aromatic heterocycles. The highest BCUT2D eigenvalue weighted by Crippen LogP contribution is 2.18. The van der Waals surface area contributed by atoms with Crippen molar-refractivity contribution in [2.24, 2.45) is 0 Å². The molecule has 0 spiro atoms. The third-order valence-electron chi connectivity index (χ3n) is 2.72. The van der Waals surface area contributed by atoms with Gasteiger partial charge in [0.1, 0.15) is 0 Å². The second-order valence-electron chi connectivity index (χ2n) is 4.76. The van der Waals surface area contributed by atoms with Crippen molar-refractivity contribution < 1.29 is 4.79 Å². The van der Waals surface area contributed by atoms with Crippen molar-refractivity contribution >= 4 is 5.91 Å². The van der Waals surface area contributed by atoms with Crippen molar-refractivity contribution in [1.82, 2.24) is 10.6 Å². The minimum Gasteiger partial charge on any atom is -0.351 e. The number of nitrogens with one attached hydrogen (secondary N) is 2. The van der Waals surface area contributed by atoms with Gasteiger partial charge in [0.2, 0.25) is 5.91 Å². The smallest absolute Gasteiger partial charge is 0.221 e. The van der Waals surface area contributed by atoms with Crippen molar-refractivity contribution in [3.05, 3.63) is 0 Å². The lowest BCUT2D eigenvalue weighted by atomic mass is 10.0. The number of amides is 1. The lowest BCUT2D eigenvalue weighted by Gasteiger charge is -2.24. The van der Waals surface area contributed by atoms with E-state index < -0.39 is 0 Å². The summed E-state index contributed by atoms with van der Waals surface area (Å²) in [7, 11) is 0. The molecule has 1 aliphatic rings. The van der Waals surface area contributed by atoms with Gasteiger partial charge in [-0.05, 0) is 33.1 Å². The Balaban J connectivity index is 2.07. The maximum Gasteiger partial charge on any atom is 0.221 e. The van der Waals surface area contributed by atoms with Gasteiger partial charge in [0.15, 0.2) is 0 Å². The Morgan fingerprint density at radius 2 is 2.07 bits per heavy atom. The van der Waals surface area contributed by atoms with E-state index in [9.17, 15) is 4.79 Å². The SMILES string of the molecule is CCC(C)(C)NC(=O)CCNC1CC1. The lowest BCUT2D eigenvalue weighted by Crippen LogP contribution is -2.43. The van der Waals surface area contributed by atoms with Crippen molar-refractivity contribution in [2.75, 3.05) is 6.54 Å². The highest BCUT2D eigenvalue weighted by Gasteiger charge is 2.21. The summed E-state index contributed by atoms with van der Waals surface area (Å²) >= 11 is 0. The van der Waals surface area contributed by atoms with Gasteiger partial charge in [-0.15, -0.1) is 0 Å². The molecule has 0 atom stereocenters. The van der Waals surface area contributed by atoms with E-state index in [1.807, 2.05) is 0 Å². The Morgan fingerprint density at radius 1 is 1.43 bits per heavy atom. The summed E-state index contributed by atoms with van der Waals surface area (Å²) in [6, 6.07) is 0.696. The predicted molar refractivity (Wildman–Crippen MR) is 58.2 cm³/mol. The summed E-state index contributed by atoms with van der Waals surface area (Å²) in [5.41, 5.74) is -0.0589. The van der Waals surface area contributed by atoms with Crippen LogP contribution >= 0.6 is 0 Å². The third-order valence-corrected chi connectivity index (χ3v) is 2.72. The van der Waals surface area contributed by atoms with Crippen molar-refractivity contribution in [1.29, 1.82) is 0 Å². The Hall–Kier alpha value is -0.570. The third kappa shape index (κ3) is 4.61. The molecule has 0 saturated heterocycles. The summed E-state index contributed by atoms with van der Waals surface area (Å²) < 4.78 is 0. The summed E-state index contributed by atoms with van der Waals surface area (Å²) in [4.78, 5) is 11.5. The monoisotopic (exact) mass is 198 g/mol. The largest absolute Gasteiger partial charge is 0.351 e. The van der Waals surface area contributed by atoms with E-state index >= 15 is 0 Å². The Bertz CT molecular complexity index is 197. The number of hydrogen-bond donors (Lipinski definition) is 2. The molecule has 0 aromatic rings. The van der Waals surface area contributed by atoms with E-state index in [1.54, 1.807) is 0 Å². The normalized spacial score (nSPS) is 16.8. The second-order valence-corrected chi connectivity index (χ2v) is 4.76. The zero-order chi connectivity index (χ0) is 10.6. The molecule has 14 heavy (non-hydrogen) atoms. The van der Waals surface area contributed by atoms with Gasteiger partial charge in [-0.2, -0.15) is 0 Å². The summed E-state index contributed by atoms with van der Waals surface area (Å²) in [6.45, 7) is 7.01. The average molecular weight is 198 g/mol. The van der Waals surface area contributed by atoms with Gasteiger partial charge >= 0.3 is 0 Å². The van der Waals surface area contributed by atoms with Crippen LogP contribution in [0.4, 0.5) is 0 Å². The van der Waals surface area contributed by atoms with E-state index in [4.69, 9.17) is 0 Å². The van der Waals surface area contributed by atoms with Crippen LogP contribution in [0.25, 0.3) is 0 Å². The molecular formula is C11H22N2O. The first-order valence-electron chi connectivity index (χ1n) is 5.58. The Morgan fingerprint density at radius 3 is 2.57 bits per heavy atom. The molecule has 1 fully saturated rings. The molecule has 0 heterocycles. The molecule has 82 valence electrons. The molecule has 3 nitrogen and oxygen atoms in total. The lowest BCUT2D eigenvalue weighted by molar-refractivity contribution is -0.122. The van der Waals surface area contributed by atoms with Crippen molar-refractivity contribution in [3.63, 3.8) is 0 Å². The molecule has 1 rings (SSSR count). The molecule has 0 aromatic carbocycles. The zero-order valence-corrected chi connectivity index (χ0v) is 9.52. The molecule has 1 saturated carbocycles. The van der Waals surface area contributed by atoms with E-state index in [0.29, 0.717) is 12.5 Å². The molecule has 0 unspecified atom stereocenters. The molecule has 0 aliphatic heterocycles. The van der Waals surface area contributed by atoms with Crippen LogP contribution in [0.15, 0.2) is 0 Å². The van der Waals surface area contributed by atoms with E-state index in [0.717, 1.165) is 13.0 Å². The van der Waals surface area contributed by atoms with Crippen LogP contribution in [-0.2, 0) is 4.79 Å². The van der Waals surface area contributed by atoms with Gasteiger partial charge in [-0.25, -0.2) is 0 Å². The van der Waals surface area contributed by atoms with Gasteiger partial charge in [-0.1, -0.05) is 6.92 Å². The van der Waals surface area contributed by atoms with Crippen molar-refractivity contribution in [3.8, 4) is 0 Å². The van der Waals surface area contributed by atoms with Crippen molar-refractivity contribution in [2.45, 2.75) is 58.0 Å². The zero-order valence-electron chi connectivity index (χ0n) is 9.52. The molecule has 2 N–H and O–H groups in total. The maximum absolute atomic E-state index is 11.5. The van der Waals surface area contributed by atoms with Gasteiger partial charge < -0.3 is 10.6 Å². The van der Waals surface area contributed by atoms with Crippen LogP contribution < -0.4 is 10.6 Å². The molecule has 3 heteroatoms. The van der Waals surface area contributed by atoms with Crippen LogP contribution in [0.1, 0.15) is 46.5 Å². The van der Waals surface area contributed by atoms with E-state index in [2.05, 4.69) is 31.4 Å². The number of rotatable bonds is 6. The minimum atomic E-state index is -0.0589. The van der Waals surface area contributed by atoms with Gasteiger partial charge in [0, 0.05) is 24.5 Å². The predicted octanol–water partition coefficient (Wildman–Crippen LogP) is 1.43. The molecule has 0 bridgehead atoms. The second kappa shape index (κ2) is 4.78. The van der Waals surface area contributed by atoms with Crippen LogP contribution in [0.5, 0.6) is 0 Å². The maximum atomic E-state index is 11.5. The number of carbonyl (C=O) groups excluding carboxylic acids is 1.